The molecule has 0 radical (unpaired) electrons. The summed E-state index contributed by atoms with van der Waals surface area (Å²) in [7, 11) is 0. The molecule has 4 rings (SSSR count). The first-order valence-electron chi connectivity index (χ1n) is 9.35. The molecular formula is C20H21ClN6O2. The monoisotopic (exact) mass is 412 g/mol. The number of anilines is 1. The number of imidazole rings is 1. The van der Waals surface area contributed by atoms with E-state index >= 15 is 0 Å². The van der Waals surface area contributed by atoms with Gasteiger partial charge in [-0.25, -0.2) is 4.98 Å². The number of benzene rings is 1. The quantitative estimate of drug-likeness (QED) is 0.640. The summed E-state index contributed by atoms with van der Waals surface area (Å²) in [5, 5.41) is 9.28. The van der Waals surface area contributed by atoms with Crippen LogP contribution in [0.3, 0.4) is 0 Å². The maximum atomic E-state index is 12.4. The Kier molecular flexibility index (Phi) is 5.62. The lowest BCUT2D eigenvalue weighted by Gasteiger charge is -2.35. The van der Waals surface area contributed by atoms with Crippen LogP contribution < -0.4 is 9.64 Å². The molecule has 1 amide bonds. The molecule has 0 unspecified atom stereocenters. The van der Waals surface area contributed by atoms with Gasteiger partial charge in [0.25, 0.3) is 5.91 Å². The second kappa shape index (κ2) is 8.48. The Labute approximate surface area is 173 Å². The van der Waals surface area contributed by atoms with Crippen molar-refractivity contribution in [2.45, 2.75) is 6.92 Å². The van der Waals surface area contributed by atoms with Gasteiger partial charge in [-0.1, -0.05) is 11.6 Å². The molecule has 8 nitrogen and oxygen atoms in total. The minimum atomic E-state index is -0.0309. The predicted molar refractivity (Wildman–Crippen MR) is 110 cm³/mol. The molecule has 0 N–H and O–H groups in total. The number of hydrogen-bond acceptors (Lipinski definition) is 6. The van der Waals surface area contributed by atoms with Gasteiger partial charge in [-0.05, 0) is 43.3 Å². The van der Waals surface area contributed by atoms with Crippen molar-refractivity contribution >= 4 is 23.3 Å². The van der Waals surface area contributed by atoms with Crippen molar-refractivity contribution in [2.75, 3.05) is 37.7 Å². The lowest BCUT2D eigenvalue weighted by atomic mass is 10.3. The number of carbonyl (C=O) groups excluding carboxylic acids is 1. The molecule has 1 saturated heterocycles. The van der Waals surface area contributed by atoms with Crippen molar-refractivity contribution in [1.29, 1.82) is 0 Å². The molecule has 9 heteroatoms. The van der Waals surface area contributed by atoms with E-state index < -0.39 is 0 Å². The highest BCUT2D eigenvalue weighted by atomic mass is 35.5. The van der Waals surface area contributed by atoms with Crippen LogP contribution in [0, 0.1) is 6.92 Å². The van der Waals surface area contributed by atoms with Crippen LogP contribution in [-0.2, 0) is 4.79 Å². The molecule has 0 bridgehead atoms. The number of piperazine rings is 1. The zero-order chi connectivity index (χ0) is 20.2. The molecule has 0 saturated carbocycles. The van der Waals surface area contributed by atoms with Gasteiger partial charge in [0.05, 0.1) is 0 Å². The average Bonchev–Trinajstić information content (AvgIpc) is 3.19. The Balaban J connectivity index is 1.29. The molecule has 2 aromatic heterocycles. The number of rotatable bonds is 5. The molecular weight excluding hydrogens is 392 g/mol. The summed E-state index contributed by atoms with van der Waals surface area (Å²) in [6.07, 6.45) is 3.59. The molecule has 3 aromatic rings. The number of carbonyl (C=O) groups is 1. The fraction of sp³-hybridized carbons (Fsp3) is 0.300. The second-order valence-corrected chi connectivity index (χ2v) is 7.14. The van der Waals surface area contributed by atoms with Gasteiger partial charge in [0.15, 0.2) is 18.2 Å². The van der Waals surface area contributed by atoms with Gasteiger partial charge in [-0.15, -0.1) is 10.2 Å². The van der Waals surface area contributed by atoms with Crippen LogP contribution in [0.2, 0.25) is 5.02 Å². The fourth-order valence-electron chi connectivity index (χ4n) is 3.19. The number of amides is 1. The molecule has 0 atom stereocenters. The zero-order valence-corrected chi connectivity index (χ0v) is 16.8. The highest BCUT2D eigenvalue weighted by Gasteiger charge is 2.22. The van der Waals surface area contributed by atoms with Gasteiger partial charge in [-0.2, -0.15) is 0 Å². The summed E-state index contributed by atoms with van der Waals surface area (Å²) < 4.78 is 7.44. The normalized spacial score (nSPS) is 14.1. The molecule has 0 aliphatic carbocycles. The average molecular weight is 413 g/mol. The Morgan fingerprint density at radius 1 is 1.03 bits per heavy atom. The summed E-state index contributed by atoms with van der Waals surface area (Å²) in [6, 6.07) is 10.8. The minimum Gasteiger partial charge on any atom is -0.484 e. The number of halogens is 1. The van der Waals surface area contributed by atoms with E-state index in [1.807, 2.05) is 34.7 Å². The highest BCUT2D eigenvalue weighted by Crippen LogP contribution is 2.17. The molecule has 1 aliphatic rings. The van der Waals surface area contributed by atoms with Crippen LogP contribution in [0.5, 0.6) is 5.75 Å². The lowest BCUT2D eigenvalue weighted by Crippen LogP contribution is -2.50. The van der Waals surface area contributed by atoms with Crippen LogP contribution in [0.1, 0.15) is 5.82 Å². The van der Waals surface area contributed by atoms with Crippen LogP contribution in [-0.4, -0.2) is 63.3 Å². The van der Waals surface area contributed by atoms with Crippen molar-refractivity contribution in [3.05, 3.63) is 59.6 Å². The van der Waals surface area contributed by atoms with Gasteiger partial charge in [-0.3, -0.25) is 9.36 Å². The summed E-state index contributed by atoms with van der Waals surface area (Å²) in [5.41, 5.74) is 0. The van der Waals surface area contributed by atoms with Crippen molar-refractivity contribution in [1.82, 2.24) is 24.6 Å². The molecule has 29 heavy (non-hydrogen) atoms. The van der Waals surface area contributed by atoms with Crippen LogP contribution in [0.4, 0.5) is 5.82 Å². The maximum Gasteiger partial charge on any atom is 0.260 e. The van der Waals surface area contributed by atoms with Crippen molar-refractivity contribution < 1.29 is 9.53 Å². The summed E-state index contributed by atoms with van der Waals surface area (Å²) in [4.78, 5) is 20.5. The van der Waals surface area contributed by atoms with Crippen molar-refractivity contribution in [2.24, 2.45) is 0 Å². The van der Waals surface area contributed by atoms with Crippen molar-refractivity contribution in [3.63, 3.8) is 0 Å². The molecule has 1 aromatic carbocycles. The van der Waals surface area contributed by atoms with Gasteiger partial charge in [0.1, 0.15) is 11.6 Å². The van der Waals surface area contributed by atoms with Gasteiger partial charge < -0.3 is 14.5 Å². The molecule has 3 heterocycles. The third-order valence-electron chi connectivity index (χ3n) is 4.84. The summed E-state index contributed by atoms with van der Waals surface area (Å²) in [6.45, 7) is 4.57. The second-order valence-electron chi connectivity index (χ2n) is 6.70. The smallest absolute Gasteiger partial charge is 0.260 e. The Morgan fingerprint density at radius 2 is 1.72 bits per heavy atom. The number of aromatic nitrogens is 4. The van der Waals surface area contributed by atoms with E-state index in [2.05, 4.69) is 20.1 Å². The van der Waals surface area contributed by atoms with Crippen molar-refractivity contribution in [3.8, 4) is 11.6 Å². The van der Waals surface area contributed by atoms with Gasteiger partial charge in [0.2, 0.25) is 0 Å². The number of nitrogens with zero attached hydrogens (tertiary/aromatic N) is 6. The first-order chi connectivity index (χ1) is 14.1. The molecule has 150 valence electrons. The van der Waals surface area contributed by atoms with Gasteiger partial charge in [0, 0.05) is 43.6 Å². The van der Waals surface area contributed by atoms with E-state index in [1.54, 1.807) is 30.5 Å². The highest BCUT2D eigenvalue weighted by molar-refractivity contribution is 6.30. The number of ether oxygens (including phenoxy) is 1. The van der Waals surface area contributed by atoms with E-state index in [1.165, 1.54) is 0 Å². The third kappa shape index (κ3) is 4.48. The van der Waals surface area contributed by atoms with E-state index in [-0.39, 0.29) is 12.5 Å². The van der Waals surface area contributed by atoms with E-state index in [4.69, 9.17) is 16.3 Å². The molecule has 1 fully saturated rings. The van der Waals surface area contributed by atoms with Crippen LogP contribution >= 0.6 is 11.6 Å². The van der Waals surface area contributed by atoms with E-state index in [0.717, 1.165) is 17.5 Å². The summed E-state index contributed by atoms with van der Waals surface area (Å²) in [5.74, 6) is 2.99. The minimum absolute atomic E-state index is 0.0143. The molecule has 1 aliphatic heterocycles. The summed E-state index contributed by atoms with van der Waals surface area (Å²) >= 11 is 5.85. The Hall–Kier alpha value is -3.13. The Morgan fingerprint density at radius 3 is 2.34 bits per heavy atom. The number of hydrogen-bond donors (Lipinski definition) is 0. The zero-order valence-electron chi connectivity index (χ0n) is 16.0. The topological polar surface area (TPSA) is 76.4 Å². The standard InChI is InChI=1S/C20H21ClN6O2/c1-15-22-8-9-27(15)19-7-6-18(23-24-19)25-10-12-26(13-11-25)20(28)14-29-17-4-2-16(21)3-5-17/h2-9H,10-14H2,1H3. The van der Waals surface area contributed by atoms with Crippen LogP contribution in [0.15, 0.2) is 48.8 Å². The first kappa shape index (κ1) is 19.2. The third-order valence-corrected chi connectivity index (χ3v) is 5.09. The van der Waals surface area contributed by atoms with E-state index in [9.17, 15) is 4.79 Å². The Bertz CT molecular complexity index is 965. The largest absolute Gasteiger partial charge is 0.484 e. The predicted octanol–water partition coefficient (Wildman–Crippen LogP) is 2.35. The van der Waals surface area contributed by atoms with Crippen LogP contribution in [0.25, 0.3) is 5.82 Å². The van der Waals surface area contributed by atoms with E-state index in [0.29, 0.717) is 37.0 Å². The lowest BCUT2D eigenvalue weighted by molar-refractivity contribution is -0.133. The number of aryl methyl sites for hydroxylation is 1. The SMILES string of the molecule is Cc1nccn1-c1ccc(N2CCN(C(=O)COc3ccc(Cl)cc3)CC2)nn1. The fourth-order valence-corrected chi connectivity index (χ4v) is 3.31. The maximum absolute atomic E-state index is 12.4. The van der Waals surface area contributed by atoms with Gasteiger partial charge >= 0.3 is 0 Å². The molecule has 0 spiro atoms. The first-order valence-corrected chi connectivity index (χ1v) is 9.73.